The smallest absolute Gasteiger partial charge is 0.328 e. The first kappa shape index (κ1) is 23.1. The number of carbonyl (C=O) groups is 2. The Balaban J connectivity index is 0.000000293. The number of nitrogens with zero attached hydrogens (tertiary/aromatic N) is 3. The molecule has 31 heavy (non-hydrogen) atoms. The minimum atomic E-state index is -1.26. The number of rotatable bonds is 2. The first-order valence-electron chi connectivity index (χ1n) is 9.76. The molecule has 1 saturated heterocycles. The molecular weight excluding hydrogens is 434 g/mol. The first-order chi connectivity index (χ1) is 14.7. The van der Waals surface area contributed by atoms with Crippen molar-refractivity contribution in [2.45, 2.75) is 23.6 Å². The average molecular weight is 460 g/mol. The molecule has 2 N–H and O–H groups in total. The summed E-state index contributed by atoms with van der Waals surface area (Å²) in [5, 5.41) is 20.1. The van der Waals surface area contributed by atoms with E-state index in [9.17, 15) is 9.59 Å². The van der Waals surface area contributed by atoms with Gasteiger partial charge >= 0.3 is 11.9 Å². The van der Waals surface area contributed by atoms with Crippen molar-refractivity contribution in [2.75, 3.05) is 33.2 Å². The van der Waals surface area contributed by atoms with Gasteiger partial charge in [-0.25, -0.2) is 14.6 Å². The van der Waals surface area contributed by atoms with E-state index in [1.807, 2.05) is 11.8 Å². The minimum Gasteiger partial charge on any atom is -0.478 e. The summed E-state index contributed by atoms with van der Waals surface area (Å²) >= 11 is 3.64. The normalized spacial score (nSPS) is 16.0. The van der Waals surface area contributed by atoms with E-state index < -0.39 is 11.9 Å². The fraction of sp³-hybridized carbons (Fsp3) is 0.318. The summed E-state index contributed by atoms with van der Waals surface area (Å²) in [4.78, 5) is 31.7. The lowest BCUT2D eigenvalue weighted by Crippen LogP contribution is -2.47. The maximum atomic E-state index is 9.55. The second-order valence-electron chi connectivity index (χ2n) is 7.39. The van der Waals surface area contributed by atoms with Crippen LogP contribution in [-0.4, -0.2) is 71.0 Å². The van der Waals surface area contributed by atoms with Crippen LogP contribution in [0, 0.1) is 13.8 Å². The quantitative estimate of drug-likeness (QED) is 0.659. The van der Waals surface area contributed by atoms with E-state index in [-0.39, 0.29) is 0 Å². The van der Waals surface area contributed by atoms with Gasteiger partial charge in [0.25, 0.3) is 0 Å². The lowest BCUT2D eigenvalue weighted by atomic mass is 10.1. The molecule has 1 aromatic carbocycles. The van der Waals surface area contributed by atoms with Crippen LogP contribution in [0.15, 0.2) is 49.8 Å². The van der Waals surface area contributed by atoms with E-state index in [0.717, 1.165) is 37.7 Å². The molecule has 0 aliphatic carbocycles. The molecule has 0 saturated carbocycles. The maximum absolute atomic E-state index is 9.55. The molecule has 2 aliphatic heterocycles. The number of piperazine rings is 1. The van der Waals surface area contributed by atoms with Gasteiger partial charge in [0.15, 0.2) is 0 Å². The molecule has 0 radical (unpaired) electrons. The molecule has 7 nitrogen and oxygen atoms in total. The molecule has 0 amide bonds. The topological polar surface area (TPSA) is 93.4 Å². The summed E-state index contributed by atoms with van der Waals surface area (Å²) in [5.74, 6) is -1.36. The van der Waals surface area contributed by atoms with Gasteiger partial charge in [-0.2, -0.15) is 11.3 Å². The van der Waals surface area contributed by atoms with E-state index in [0.29, 0.717) is 12.2 Å². The van der Waals surface area contributed by atoms with Crippen molar-refractivity contribution in [2.24, 2.45) is 4.99 Å². The van der Waals surface area contributed by atoms with Gasteiger partial charge in [-0.15, -0.1) is 0 Å². The number of hydrogen-bond donors (Lipinski definition) is 2. The Morgan fingerprint density at radius 1 is 0.968 bits per heavy atom. The molecule has 0 spiro atoms. The Kier molecular flexibility index (Phi) is 7.53. The highest BCUT2D eigenvalue weighted by Crippen LogP contribution is 2.43. The van der Waals surface area contributed by atoms with Gasteiger partial charge in [0.2, 0.25) is 0 Å². The Morgan fingerprint density at radius 2 is 1.58 bits per heavy atom. The molecule has 1 fully saturated rings. The van der Waals surface area contributed by atoms with Crippen molar-refractivity contribution < 1.29 is 19.8 Å². The number of aliphatic carboxylic acids is 2. The van der Waals surface area contributed by atoms with Crippen molar-refractivity contribution >= 4 is 46.6 Å². The third-order valence-corrected chi connectivity index (χ3v) is 7.06. The largest absolute Gasteiger partial charge is 0.478 e. The highest BCUT2D eigenvalue weighted by Gasteiger charge is 2.25. The molecule has 1 aromatic heterocycles. The zero-order valence-electron chi connectivity index (χ0n) is 17.7. The number of fused-ring (bicyclic) bond motifs is 2. The molecule has 2 aromatic rings. The molecule has 0 bridgehead atoms. The van der Waals surface area contributed by atoms with Crippen molar-refractivity contribution in [3.63, 3.8) is 0 Å². The number of aliphatic imine (C=N–C) groups is 1. The summed E-state index contributed by atoms with van der Waals surface area (Å²) in [5.41, 5.74) is 5.07. The van der Waals surface area contributed by atoms with Crippen LogP contribution >= 0.6 is 23.1 Å². The van der Waals surface area contributed by atoms with Crippen LogP contribution in [0.3, 0.4) is 0 Å². The Morgan fingerprint density at radius 3 is 2.19 bits per heavy atom. The molecule has 3 heterocycles. The maximum Gasteiger partial charge on any atom is 0.328 e. The third-order valence-electron chi connectivity index (χ3n) is 5.06. The van der Waals surface area contributed by atoms with Crippen LogP contribution in [0.1, 0.15) is 16.7 Å². The van der Waals surface area contributed by atoms with E-state index in [2.05, 4.69) is 53.6 Å². The average Bonchev–Trinajstić information content (AvgIpc) is 3.11. The third kappa shape index (κ3) is 5.96. The molecule has 0 unspecified atom stereocenters. The number of carboxylic acid groups (broad SMARTS) is 2. The number of thiophene rings is 1. The highest BCUT2D eigenvalue weighted by atomic mass is 32.2. The summed E-state index contributed by atoms with van der Waals surface area (Å²) < 4.78 is 0. The summed E-state index contributed by atoms with van der Waals surface area (Å²) in [7, 11) is 2.19. The van der Waals surface area contributed by atoms with Gasteiger partial charge in [-0.05, 0) is 44.2 Å². The van der Waals surface area contributed by atoms with E-state index in [1.165, 1.54) is 26.5 Å². The SMILES string of the molecule is Cc1cc2c(cc1C)Sc1cscc1C(N1CCN(C)CC1)=N2.O=C(O)/C=C/C(=O)O. The van der Waals surface area contributed by atoms with Gasteiger partial charge in [0, 0.05) is 64.4 Å². The first-order valence-corrected chi connectivity index (χ1v) is 11.5. The van der Waals surface area contributed by atoms with Crippen LogP contribution in [0.4, 0.5) is 5.69 Å². The van der Waals surface area contributed by atoms with Crippen molar-refractivity contribution in [1.82, 2.24) is 9.80 Å². The van der Waals surface area contributed by atoms with Gasteiger partial charge in [0.1, 0.15) is 5.84 Å². The monoisotopic (exact) mass is 459 g/mol. The lowest BCUT2D eigenvalue weighted by molar-refractivity contribution is -0.134. The molecule has 0 atom stereocenters. The zero-order chi connectivity index (χ0) is 22.5. The van der Waals surface area contributed by atoms with Crippen molar-refractivity contribution in [3.05, 3.63) is 51.7 Å². The molecular formula is C22H25N3O4S2. The fourth-order valence-electron chi connectivity index (χ4n) is 3.17. The van der Waals surface area contributed by atoms with Crippen molar-refractivity contribution in [1.29, 1.82) is 0 Å². The number of amidine groups is 1. The number of likely N-dealkylation sites (N-methyl/N-ethyl adjacent to an activating group) is 1. The second kappa shape index (κ2) is 10.1. The number of benzene rings is 1. The van der Waals surface area contributed by atoms with Crippen molar-refractivity contribution in [3.8, 4) is 0 Å². The molecule has 164 valence electrons. The van der Waals surface area contributed by atoms with Crippen LogP contribution in [0.5, 0.6) is 0 Å². The Labute approximate surface area is 189 Å². The standard InChI is InChI=1S/C18H21N3S2.C4H4O4/c1-12-8-15-16(9-13(12)2)23-17-11-22-10-14(17)18(19-15)21-6-4-20(3)5-7-21;5-3(6)1-2-4(7)8/h8-11H,4-7H2,1-3H3;1-2H,(H,5,6)(H,7,8)/b;2-1+. The Bertz CT molecular complexity index is 1020. The van der Waals surface area contributed by atoms with Gasteiger partial charge in [0.05, 0.1) is 5.69 Å². The molecule has 2 aliphatic rings. The van der Waals surface area contributed by atoms with Crippen LogP contribution in [0.25, 0.3) is 0 Å². The van der Waals surface area contributed by atoms with E-state index in [4.69, 9.17) is 15.2 Å². The van der Waals surface area contributed by atoms with Gasteiger partial charge in [-0.1, -0.05) is 11.8 Å². The predicted octanol–water partition coefficient (Wildman–Crippen LogP) is 3.87. The number of hydrogen-bond acceptors (Lipinski definition) is 7. The lowest BCUT2D eigenvalue weighted by Gasteiger charge is -2.34. The van der Waals surface area contributed by atoms with Gasteiger partial charge < -0.3 is 20.0 Å². The highest BCUT2D eigenvalue weighted by molar-refractivity contribution is 7.99. The Hall–Kier alpha value is -2.62. The molecule has 9 heteroatoms. The number of carboxylic acids is 2. The molecule has 4 rings (SSSR count). The van der Waals surface area contributed by atoms with Crippen LogP contribution in [0.2, 0.25) is 0 Å². The van der Waals surface area contributed by atoms with Crippen LogP contribution < -0.4 is 0 Å². The van der Waals surface area contributed by atoms with Gasteiger partial charge in [-0.3, -0.25) is 0 Å². The fourth-order valence-corrected chi connectivity index (χ4v) is 5.23. The summed E-state index contributed by atoms with van der Waals surface area (Å²) in [6, 6.07) is 4.52. The minimum absolute atomic E-state index is 0.558. The number of aryl methyl sites for hydroxylation is 2. The summed E-state index contributed by atoms with van der Waals surface area (Å²) in [6.07, 6.45) is 1.12. The zero-order valence-corrected chi connectivity index (χ0v) is 19.3. The second-order valence-corrected chi connectivity index (χ2v) is 9.22. The van der Waals surface area contributed by atoms with E-state index >= 15 is 0 Å². The van der Waals surface area contributed by atoms with E-state index in [1.54, 1.807) is 11.3 Å². The van der Waals surface area contributed by atoms with Crippen LogP contribution in [-0.2, 0) is 9.59 Å². The summed E-state index contributed by atoms with van der Waals surface area (Å²) in [6.45, 7) is 8.66. The predicted molar refractivity (Wildman–Crippen MR) is 124 cm³/mol.